The molecule has 1 amide bonds. The van der Waals surface area contributed by atoms with Crippen molar-refractivity contribution in [3.8, 4) is 0 Å². The van der Waals surface area contributed by atoms with Gasteiger partial charge in [-0.1, -0.05) is 0 Å². The summed E-state index contributed by atoms with van der Waals surface area (Å²) < 4.78 is 0. The number of carbonyl (C=O) groups excluding carboxylic acids is 1. The minimum absolute atomic E-state index is 0.188. The minimum atomic E-state index is -0.983. The van der Waals surface area contributed by atoms with Crippen molar-refractivity contribution in [1.29, 1.82) is 0 Å². The molecule has 104 valence electrons. The van der Waals surface area contributed by atoms with E-state index >= 15 is 0 Å². The van der Waals surface area contributed by atoms with Gasteiger partial charge in [0, 0.05) is 21.5 Å². The van der Waals surface area contributed by atoms with Crippen LogP contribution in [0, 0.1) is 6.92 Å². The number of hydrogen-bond donors (Lipinski definition) is 3. The molecule has 2 aromatic rings. The molecule has 2 aromatic heterocycles. The lowest BCUT2D eigenvalue weighted by atomic mass is 10.2. The van der Waals surface area contributed by atoms with Crippen molar-refractivity contribution in [1.82, 2.24) is 15.5 Å². The Hall–Kier alpha value is -2.41. The Balaban J connectivity index is 1.93. The van der Waals surface area contributed by atoms with Gasteiger partial charge in [0.15, 0.2) is 0 Å². The van der Waals surface area contributed by atoms with E-state index in [9.17, 15) is 9.59 Å². The van der Waals surface area contributed by atoms with Crippen molar-refractivity contribution in [3.63, 3.8) is 0 Å². The van der Waals surface area contributed by atoms with Crippen LogP contribution in [0.3, 0.4) is 0 Å². The van der Waals surface area contributed by atoms with Crippen molar-refractivity contribution >= 4 is 29.3 Å². The summed E-state index contributed by atoms with van der Waals surface area (Å²) in [6, 6.07) is 3.67. The summed E-state index contributed by atoms with van der Waals surface area (Å²) >= 11 is 1.43. The second kappa shape index (κ2) is 6.16. The molecule has 0 aromatic carbocycles. The van der Waals surface area contributed by atoms with Crippen LogP contribution in [-0.4, -0.2) is 27.2 Å². The molecule has 6 nitrogen and oxygen atoms in total. The number of aliphatic carboxylic acids is 1. The Kier molecular flexibility index (Phi) is 4.31. The van der Waals surface area contributed by atoms with Gasteiger partial charge in [0.25, 0.3) is 5.91 Å². The molecular weight excluding hydrogens is 278 g/mol. The number of nitrogens with one attached hydrogen (secondary N) is 2. The van der Waals surface area contributed by atoms with Crippen LogP contribution in [-0.2, 0) is 11.3 Å². The van der Waals surface area contributed by atoms with Crippen LogP contribution in [0.1, 0.15) is 25.8 Å². The third kappa shape index (κ3) is 3.55. The Morgan fingerprint density at radius 1 is 1.50 bits per heavy atom. The van der Waals surface area contributed by atoms with E-state index in [1.165, 1.54) is 23.6 Å². The van der Waals surface area contributed by atoms with Crippen LogP contribution in [0.25, 0.3) is 6.08 Å². The molecule has 0 aliphatic rings. The van der Waals surface area contributed by atoms with Gasteiger partial charge < -0.3 is 10.4 Å². The van der Waals surface area contributed by atoms with Gasteiger partial charge in [-0.25, -0.2) is 4.79 Å². The molecule has 0 bridgehead atoms. The summed E-state index contributed by atoms with van der Waals surface area (Å²) in [6.07, 6.45) is 4.10. The second-order valence-corrected chi connectivity index (χ2v) is 5.27. The standard InChI is InChI=1S/C13H13N3O3S/c1-8-11(7-15-16-8)13(19)14-6-10-3-2-9(20-10)4-5-12(17)18/h2-5,7H,6H2,1H3,(H,14,19)(H,15,16)(H,17,18). The third-order valence-electron chi connectivity index (χ3n) is 2.57. The SMILES string of the molecule is Cc1[nH]ncc1C(=O)NCc1ccc(C=CC(=O)O)s1. The van der Waals surface area contributed by atoms with E-state index in [2.05, 4.69) is 15.5 Å². The molecule has 0 unspecified atom stereocenters. The Morgan fingerprint density at radius 2 is 2.30 bits per heavy atom. The highest BCUT2D eigenvalue weighted by Gasteiger charge is 2.10. The fourth-order valence-electron chi connectivity index (χ4n) is 1.57. The number of H-pyrrole nitrogens is 1. The molecule has 0 saturated heterocycles. The first-order valence-corrected chi connectivity index (χ1v) is 6.66. The van der Waals surface area contributed by atoms with E-state index in [1.807, 2.05) is 12.1 Å². The van der Waals surface area contributed by atoms with Gasteiger partial charge in [0.2, 0.25) is 0 Å². The van der Waals surface area contributed by atoms with Gasteiger partial charge in [0.05, 0.1) is 18.3 Å². The number of carbonyl (C=O) groups is 2. The molecule has 0 radical (unpaired) electrons. The number of carboxylic acids is 1. The molecule has 0 aliphatic heterocycles. The highest BCUT2D eigenvalue weighted by molar-refractivity contribution is 7.12. The summed E-state index contributed by atoms with van der Waals surface area (Å²) in [5.74, 6) is -1.17. The van der Waals surface area contributed by atoms with E-state index in [0.717, 1.165) is 21.5 Å². The smallest absolute Gasteiger partial charge is 0.328 e. The topological polar surface area (TPSA) is 95.1 Å². The van der Waals surface area contributed by atoms with E-state index in [1.54, 1.807) is 6.92 Å². The number of aryl methyl sites for hydroxylation is 1. The van der Waals surface area contributed by atoms with Crippen molar-refractivity contribution in [2.24, 2.45) is 0 Å². The van der Waals surface area contributed by atoms with E-state index in [0.29, 0.717) is 12.1 Å². The van der Waals surface area contributed by atoms with Crippen LogP contribution in [0.15, 0.2) is 24.4 Å². The molecule has 3 N–H and O–H groups in total. The van der Waals surface area contributed by atoms with Crippen molar-refractivity contribution in [2.75, 3.05) is 0 Å². The lowest BCUT2D eigenvalue weighted by Crippen LogP contribution is -2.22. The highest BCUT2D eigenvalue weighted by Crippen LogP contribution is 2.18. The monoisotopic (exact) mass is 291 g/mol. The van der Waals surface area contributed by atoms with Crippen LogP contribution < -0.4 is 5.32 Å². The molecule has 7 heteroatoms. The maximum Gasteiger partial charge on any atom is 0.328 e. The quantitative estimate of drug-likeness (QED) is 0.732. The summed E-state index contributed by atoms with van der Waals surface area (Å²) in [4.78, 5) is 24.1. The first-order valence-electron chi connectivity index (χ1n) is 5.84. The molecule has 2 rings (SSSR count). The van der Waals surface area contributed by atoms with Crippen LogP contribution in [0.5, 0.6) is 0 Å². The molecule has 20 heavy (non-hydrogen) atoms. The maximum atomic E-state index is 11.9. The Morgan fingerprint density at radius 3 is 2.95 bits per heavy atom. The predicted octanol–water partition coefficient (Wildman–Crippen LogP) is 1.81. The fraction of sp³-hybridized carbons (Fsp3) is 0.154. The van der Waals surface area contributed by atoms with Crippen LogP contribution >= 0.6 is 11.3 Å². The second-order valence-electron chi connectivity index (χ2n) is 4.07. The predicted molar refractivity (Wildman–Crippen MR) is 75.5 cm³/mol. The summed E-state index contributed by atoms with van der Waals surface area (Å²) in [7, 11) is 0. The van der Waals surface area contributed by atoms with Crippen molar-refractivity contribution < 1.29 is 14.7 Å². The number of rotatable bonds is 5. The molecular formula is C13H13N3O3S. The number of aromatic amines is 1. The summed E-state index contributed by atoms with van der Waals surface area (Å²) in [5.41, 5.74) is 1.24. The van der Waals surface area contributed by atoms with Gasteiger partial charge in [-0.3, -0.25) is 9.89 Å². The number of carboxylic acid groups (broad SMARTS) is 1. The van der Waals surface area contributed by atoms with Gasteiger partial charge in [0.1, 0.15) is 0 Å². The molecule has 0 fully saturated rings. The van der Waals surface area contributed by atoms with E-state index in [-0.39, 0.29) is 5.91 Å². The first-order chi connectivity index (χ1) is 9.56. The van der Waals surface area contributed by atoms with Crippen molar-refractivity contribution in [3.05, 3.63) is 45.4 Å². The van der Waals surface area contributed by atoms with E-state index < -0.39 is 5.97 Å². The zero-order valence-corrected chi connectivity index (χ0v) is 11.5. The molecule has 0 saturated carbocycles. The average molecular weight is 291 g/mol. The largest absolute Gasteiger partial charge is 0.478 e. The normalized spacial score (nSPS) is 10.8. The van der Waals surface area contributed by atoms with Gasteiger partial charge in [-0.05, 0) is 25.1 Å². The number of nitrogens with zero attached hydrogens (tertiary/aromatic N) is 1. The van der Waals surface area contributed by atoms with Crippen molar-refractivity contribution in [2.45, 2.75) is 13.5 Å². The average Bonchev–Trinajstić information content (AvgIpc) is 3.02. The number of aromatic nitrogens is 2. The molecule has 0 atom stereocenters. The number of thiophene rings is 1. The zero-order valence-electron chi connectivity index (χ0n) is 10.7. The third-order valence-corrected chi connectivity index (χ3v) is 3.62. The Labute approximate surface area is 119 Å². The van der Waals surface area contributed by atoms with Crippen LogP contribution in [0.4, 0.5) is 0 Å². The van der Waals surface area contributed by atoms with Gasteiger partial charge >= 0.3 is 5.97 Å². The maximum absolute atomic E-state index is 11.9. The van der Waals surface area contributed by atoms with Gasteiger partial charge in [-0.2, -0.15) is 5.10 Å². The lowest BCUT2D eigenvalue weighted by molar-refractivity contribution is -0.131. The molecule has 0 spiro atoms. The Bertz CT molecular complexity index is 657. The fourth-order valence-corrected chi connectivity index (χ4v) is 2.43. The number of amides is 1. The molecule has 2 heterocycles. The van der Waals surface area contributed by atoms with Gasteiger partial charge in [-0.15, -0.1) is 11.3 Å². The van der Waals surface area contributed by atoms with Crippen LogP contribution in [0.2, 0.25) is 0 Å². The summed E-state index contributed by atoms with van der Waals surface area (Å²) in [5, 5.41) is 17.8. The zero-order chi connectivity index (χ0) is 14.5. The summed E-state index contributed by atoms with van der Waals surface area (Å²) in [6.45, 7) is 2.18. The highest BCUT2D eigenvalue weighted by atomic mass is 32.1. The van der Waals surface area contributed by atoms with E-state index in [4.69, 9.17) is 5.11 Å². The number of hydrogen-bond acceptors (Lipinski definition) is 4. The minimum Gasteiger partial charge on any atom is -0.478 e. The lowest BCUT2D eigenvalue weighted by Gasteiger charge is -2.01. The molecule has 0 aliphatic carbocycles. The first kappa shape index (κ1) is 14.0.